The number of hydrogen-bond acceptors (Lipinski definition) is 5. The number of piperazine rings is 1. The summed E-state index contributed by atoms with van der Waals surface area (Å²) in [6, 6.07) is 14.9. The molecule has 0 saturated carbocycles. The summed E-state index contributed by atoms with van der Waals surface area (Å²) in [6.45, 7) is 4.76. The van der Waals surface area contributed by atoms with Crippen LogP contribution in [-0.4, -0.2) is 65.5 Å². The number of benzene rings is 2. The third-order valence-electron chi connectivity index (χ3n) is 5.11. The molecule has 28 heavy (non-hydrogen) atoms. The molecule has 3 rings (SSSR count). The molecule has 6 heteroatoms. The molecule has 1 fully saturated rings. The minimum Gasteiger partial charge on any atom is -0.491 e. The lowest BCUT2D eigenvalue weighted by molar-refractivity contribution is 0.0499. The summed E-state index contributed by atoms with van der Waals surface area (Å²) < 4.78 is 18.6. The number of nitrogens with zero attached hydrogens (tertiary/aromatic N) is 2. The second-order valence-corrected chi connectivity index (χ2v) is 7.22. The van der Waals surface area contributed by atoms with Gasteiger partial charge in [0.2, 0.25) is 0 Å². The van der Waals surface area contributed by atoms with E-state index in [1.165, 1.54) is 17.7 Å². The van der Waals surface area contributed by atoms with Crippen molar-refractivity contribution in [3.8, 4) is 5.75 Å². The predicted molar refractivity (Wildman–Crippen MR) is 107 cm³/mol. The van der Waals surface area contributed by atoms with Crippen molar-refractivity contribution in [2.24, 2.45) is 0 Å². The van der Waals surface area contributed by atoms with Gasteiger partial charge in [0.15, 0.2) is 0 Å². The molecule has 0 unspecified atom stereocenters. The predicted octanol–water partition coefficient (Wildman–Crippen LogP) is 2.27. The highest BCUT2D eigenvalue weighted by atomic mass is 19.1. The molecule has 1 aliphatic heterocycles. The highest BCUT2D eigenvalue weighted by molar-refractivity contribution is 5.28. The Kier molecular flexibility index (Phi) is 7.80. The maximum atomic E-state index is 13.1. The van der Waals surface area contributed by atoms with E-state index in [1.54, 1.807) is 0 Å². The number of halogens is 1. The van der Waals surface area contributed by atoms with Crippen molar-refractivity contribution < 1.29 is 19.3 Å². The quantitative estimate of drug-likeness (QED) is 0.690. The van der Waals surface area contributed by atoms with E-state index in [0.717, 1.165) is 50.5 Å². The second-order valence-electron chi connectivity index (χ2n) is 7.22. The van der Waals surface area contributed by atoms with Crippen molar-refractivity contribution in [2.75, 3.05) is 39.5 Å². The van der Waals surface area contributed by atoms with Crippen molar-refractivity contribution in [3.63, 3.8) is 0 Å². The summed E-state index contributed by atoms with van der Waals surface area (Å²) in [4.78, 5) is 4.77. The fourth-order valence-corrected chi connectivity index (χ4v) is 3.71. The van der Waals surface area contributed by atoms with E-state index in [-0.39, 0.29) is 25.1 Å². The zero-order chi connectivity index (χ0) is 19.8. The normalized spacial score (nSPS) is 18.3. The molecule has 0 radical (unpaired) electrons. The summed E-state index contributed by atoms with van der Waals surface area (Å²) in [6.07, 6.45) is 0.720. The van der Waals surface area contributed by atoms with Crippen molar-refractivity contribution in [3.05, 3.63) is 65.5 Å². The van der Waals surface area contributed by atoms with Crippen LogP contribution in [0.1, 0.15) is 17.5 Å². The molecule has 5 nitrogen and oxygen atoms in total. The second kappa shape index (κ2) is 10.5. The molecule has 0 spiro atoms. The van der Waals surface area contributed by atoms with E-state index in [2.05, 4.69) is 15.9 Å². The van der Waals surface area contributed by atoms with Crippen LogP contribution >= 0.6 is 0 Å². The van der Waals surface area contributed by atoms with Crippen LogP contribution in [-0.2, 0) is 13.1 Å². The Labute approximate surface area is 166 Å². The van der Waals surface area contributed by atoms with E-state index >= 15 is 0 Å². The Morgan fingerprint density at radius 1 is 0.964 bits per heavy atom. The van der Waals surface area contributed by atoms with Crippen molar-refractivity contribution in [1.29, 1.82) is 0 Å². The highest BCUT2D eigenvalue weighted by Gasteiger charge is 2.26. The first kappa shape index (κ1) is 20.7. The number of hydrogen-bond donors (Lipinski definition) is 2. The molecule has 0 aliphatic carbocycles. The lowest BCUT2D eigenvalue weighted by Crippen LogP contribution is -2.52. The molecule has 1 saturated heterocycles. The third-order valence-corrected chi connectivity index (χ3v) is 5.11. The average molecular weight is 388 g/mol. The zero-order valence-corrected chi connectivity index (χ0v) is 16.1. The summed E-state index contributed by atoms with van der Waals surface area (Å²) >= 11 is 0. The summed E-state index contributed by atoms with van der Waals surface area (Å²) in [5.41, 5.74) is 2.26. The van der Waals surface area contributed by atoms with E-state index in [9.17, 15) is 9.50 Å². The molecule has 152 valence electrons. The van der Waals surface area contributed by atoms with Crippen LogP contribution in [0.2, 0.25) is 0 Å². The van der Waals surface area contributed by atoms with Crippen LogP contribution in [0.4, 0.5) is 4.39 Å². The first-order valence-corrected chi connectivity index (χ1v) is 9.82. The Morgan fingerprint density at radius 3 is 2.54 bits per heavy atom. The van der Waals surface area contributed by atoms with Gasteiger partial charge in [-0.3, -0.25) is 9.80 Å². The van der Waals surface area contributed by atoms with Gasteiger partial charge in [-0.2, -0.15) is 0 Å². The summed E-state index contributed by atoms with van der Waals surface area (Å²) in [7, 11) is 0. The molecule has 1 aliphatic rings. The Balaban J connectivity index is 1.59. The minimum atomic E-state index is -0.217. The van der Waals surface area contributed by atoms with Gasteiger partial charge in [0.25, 0.3) is 0 Å². The lowest BCUT2D eigenvalue weighted by atomic mass is 10.1. The smallest absolute Gasteiger partial charge is 0.123 e. The van der Waals surface area contributed by atoms with Gasteiger partial charge in [-0.1, -0.05) is 24.3 Å². The minimum absolute atomic E-state index is 0.00306. The molecule has 0 bridgehead atoms. The van der Waals surface area contributed by atoms with Crippen LogP contribution in [0.5, 0.6) is 5.75 Å². The maximum Gasteiger partial charge on any atom is 0.123 e. The van der Waals surface area contributed by atoms with Crippen LogP contribution in [0.3, 0.4) is 0 Å². The fraction of sp³-hybridized carbons (Fsp3) is 0.455. The van der Waals surface area contributed by atoms with Gasteiger partial charge in [-0.15, -0.1) is 0 Å². The largest absolute Gasteiger partial charge is 0.491 e. The first-order valence-electron chi connectivity index (χ1n) is 9.82. The lowest BCUT2D eigenvalue weighted by Gasteiger charge is -2.41. The van der Waals surface area contributed by atoms with Crippen LogP contribution in [0.15, 0.2) is 48.5 Å². The van der Waals surface area contributed by atoms with Gasteiger partial charge in [0.05, 0.1) is 6.61 Å². The monoisotopic (exact) mass is 388 g/mol. The Hall–Kier alpha value is -1.99. The molecular formula is C22H29FN2O3. The molecule has 1 atom stereocenters. The van der Waals surface area contributed by atoms with Gasteiger partial charge >= 0.3 is 0 Å². The SMILES string of the molecule is OCCOc1cccc(CN2CCN(Cc3ccc(F)cc3)[C@@H](CCO)C2)c1. The molecule has 2 aromatic rings. The summed E-state index contributed by atoms with van der Waals surface area (Å²) in [5.74, 6) is 0.555. The van der Waals surface area contributed by atoms with Gasteiger partial charge in [-0.25, -0.2) is 4.39 Å². The fourth-order valence-electron chi connectivity index (χ4n) is 3.71. The van der Waals surface area contributed by atoms with Crippen molar-refractivity contribution in [2.45, 2.75) is 25.6 Å². The molecular weight excluding hydrogens is 359 g/mol. The van der Waals surface area contributed by atoms with Gasteiger partial charge in [0.1, 0.15) is 18.2 Å². The molecule has 0 aromatic heterocycles. The van der Waals surface area contributed by atoms with E-state index in [1.807, 2.05) is 30.3 Å². The third kappa shape index (κ3) is 6.01. The van der Waals surface area contributed by atoms with Crippen molar-refractivity contribution >= 4 is 0 Å². The van der Waals surface area contributed by atoms with Crippen LogP contribution in [0, 0.1) is 5.82 Å². The number of aliphatic hydroxyl groups excluding tert-OH is 2. The van der Waals surface area contributed by atoms with E-state index in [4.69, 9.17) is 9.84 Å². The Morgan fingerprint density at radius 2 is 1.79 bits per heavy atom. The van der Waals surface area contributed by atoms with Gasteiger partial charge in [-0.05, 0) is 41.8 Å². The molecule has 1 heterocycles. The first-order chi connectivity index (χ1) is 13.7. The van der Waals surface area contributed by atoms with Crippen LogP contribution < -0.4 is 4.74 Å². The average Bonchev–Trinajstić information content (AvgIpc) is 2.70. The summed E-state index contributed by atoms with van der Waals surface area (Å²) in [5, 5.41) is 18.4. The highest BCUT2D eigenvalue weighted by Crippen LogP contribution is 2.20. The van der Waals surface area contributed by atoms with Crippen LogP contribution in [0.25, 0.3) is 0 Å². The molecule has 0 amide bonds. The van der Waals surface area contributed by atoms with E-state index in [0.29, 0.717) is 6.61 Å². The standard InChI is InChI=1S/C22H29FN2O3/c23-20-6-4-18(5-7-20)16-25-10-9-24(17-21(25)8-11-26)15-19-2-1-3-22(14-19)28-13-12-27/h1-7,14,21,26-27H,8-13,15-17H2/t21-/m0/s1. The molecule has 2 aromatic carbocycles. The zero-order valence-electron chi connectivity index (χ0n) is 16.1. The number of aliphatic hydroxyl groups is 2. The Bertz CT molecular complexity index is 726. The van der Waals surface area contributed by atoms with Crippen molar-refractivity contribution in [1.82, 2.24) is 9.80 Å². The van der Waals surface area contributed by atoms with Gasteiger partial charge < -0.3 is 14.9 Å². The number of ether oxygens (including phenoxy) is 1. The molecule has 2 N–H and O–H groups in total. The maximum absolute atomic E-state index is 13.1. The topological polar surface area (TPSA) is 56.2 Å². The van der Waals surface area contributed by atoms with Gasteiger partial charge in [0, 0.05) is 45.4 Å². The number of rotatable bonds is 9. The van der Waals surface area contributed by atoms with E-state index < -0.39 is 0 Å².